The number of nitrogens with zero attached hydrogens (tertiary/aromatic N) is 2. The van der Waals surface area contributed by atoms with Crippen molar-refractivity contribution in [2.24, 2.45) is 5.73 Å². The van der Waals surface area contributed by atoms with Gasteiger partial charge in [-0.3, -0.25) is 0 Å². The lowest BCUT2D eigenvalue weighted by Gasteiger charge is -2.36. The molecule has 4 nitrogen and oxygen atoms in total. The second kappa shape index (κ2) is 3.53. The minimum absolute atomic E-state index is 0.235. The fraction of sp³-hybridized carbons (Fsp3) is 0.538. The van der Waals surface area contributed by atoms with Gasteiger partial charge in [0, 0.05) is 16.6 Å². The fourth-order valence-electron chi connectivity index (χ4n) is 1.59. The van der Waals surface area contributed by atoms with Crippen LogP contribution >= 0.6 is 0 Å². The van der Waals surface area contributed by atoms with E-state index in [2.05, 4.69) is 28.8 Å². The summed E-state index contributed by atoms with van der Waals surface area (Å²) in [5.74, 6) is 0.887. The number of nitrogens with one attached hydrogen (secondary N) is 1. The molecule has 0 bridgehead atoms. The van der Waals surface area contributed by atoms with Gasteiger partial charge in [0.2, 0.25) is 0 Å². The molecular formula is C13H20N4. The minimum Gasteiger partial charge on any atom is -0.340 e. The molecule has 92 valence electrons. The lowest BCUT2D eigenvalue weighted by atomic mass is 9.74. The second-order valence-corrected chi connectivity index (χ2v) is 5.76. The Balaban J connectivity index is 2.57. The van der Waals surface area contributed by atoms with Crippen molar-refractivity contribution in [3.63, 3.8) is 0 Å². The van der Waals surface area contributed by atoms with Gasteiger partial charge in [0.15, 0.2) is 5.65 Å². The van der Waals surface area contributed by atoms with Crippen LogP contribution in [0.4, 0.5) is 0 Å². The maximum absolute atomic E-state index is 6.22. The third-order valence-electron chi connectivity index (χ3n) is 3.69. The van der Waals surface area contributed by atoms with Crippen molar-refractivity contribution >= 4 is 11.2 Å². The maximum Gasteiger partial charge on any atom is 0.177 e. The van der Waals surface area contributed by atoms with Crippen molar-refractivity contribution in [2.45, 2.75) is 45.6 Å². The van der Waals surface area contributed by atoms with Crippen LogP contribution in [0.15, 0.2) is 12.1 Å². The largest absolute Gasteiger partial charge is 0.340 e. The van der Waals surface area contributed by atoms with Gasteiger partial charge >= 0.3 is 0 Å². The molecule has 2 heterocycles. The number of H-pyrrole nitrogens is 1. The lowest BCUT2D eigenvalue weighted by Crippen LogP contribution is -2.50. The van der Waals surface area contributed by atoms with Crippen LogP contribution in [0.5, 0.6) is 0 Å². The first-order valence-corrected chi connectivity index (χ1v) is 5.84. The summed E-state index contributed by atoms with van der Waals surface area (Å²) in [6, 6.07) is 3.98. The monoisotopic (exact) mass is 232 g/mol. The number of nitrogens with two attached hydrogens (primary N) is 1. The van der Waals surface area contributed by atoms with Gasteiger partial charge in [-0.1, -0.05) is 13.8 Å². The molecule has 2 rings (SSSR count). The predicted molar refractivity (Wildman–Crippen MR) is 69.9 cm³/mol. The molecule has 2 aromatic heterocycles. The highest BCUT2D eigenvalue weighted by Gasteiger charge is 2.37. The molecule has 3 N–H and O–H groups in total. The van der Waals surface area contributed by atoms with E-state index in [0.717, 1.165) is 22.7 Å². The average molecular weight is 232 g/mol. The third kappa shape index (κ3) is 1.93. The number of hydrogen-bond donors (Lipinski definition) is 2. The number of hydrogen-bond acceptors (Lipinski definition) is 3. The minimum atomic E-state index is -0.351. The van der Waals surface area contributed by atoms with Gasteiger partial charge in [0.1, 0.15) is 5.82 Å². The van der Waals surface area contributed by atoms with Crippen LogP contribution in [0.1, 0.15) is 39.2 Å². The molecule has 4 heteroatoms. The van der Waals surface area contributed by atoms with Crippen LogP contribution in [0.25, 0.3) is 11.2 Å². The molecule has 0 aliphatic carbocycles. The molecule has 0 saturated carbocycles. The summed E-state index contributed by atoms with van der Waals surface area (Å²) in [5.41, 5.74) is 8.33. The van der Waals surface area contributed by atoms with Crippen molar-refractivity contribution in [1.82, 2.24) is 15.0 Å². The maximum atomic E-state index is 6.22. The zero-order valence-corrected chi connectivity index (χ0v) is 11.1. The van der Waals surface area contributed by atoms with E-state index in [0.29, 0.717) is 0 Å². The molecule has 0 spiro atoms. The first-order valence-electron chi connectivity index (χ1n) is 5.84. The number of rotatable bonds is 2. The van der Waals surface area contributed by atoms with Gasteiger partial charge in [-0.2, -0.15) is 0 Å². The Morgan fingerprint density at radius 3 is 2.35 bits per heavy atom. The fourth-order valence-corrected chi connectivity index (χ4v) is 1.59. The highest BCUT2D eigenvalue weighted by Crippen LogP contribution is 2.31. The van der Waals surface area contributed by atoms with E-state index in [-0.39, 0.29) is 11.0 Å². The summed E-state index contributed by atoms with van der Waals surface area (Å²) in [4.78, 5) is 12.3. The molecule has 0 saturated heterocycles. The first-order chi connectivity index (χ1) is 7.72. The summed E-state index contributed by atoms with van der Waals surface area (Å²) in [7, 11) is 0. The molecule has 0 fully saturated rings. The molecule has 2 aromatic rings. The van der Waals surface area contributed by atoms with E-state index in [1.807, 2.05) is 32.9 Å². The number of imidazole rings is 1. The zero-order valence-electron chi connectivity index (χ0n) is 11.1. The highest BCUT2D eigenvalue weighted by atomic mass is 15.0. The molecule has 0 unspecified atom stereocenters. The Bertz CT molecular complexity index is 546. The van der Waals surface area contributed by atoms with Crippen LogP contribution in [-0.4, -0.2) is 20.5 Å². The molecule has 0 aromatic carbocycles. The summed E-state index contributed by atoms with van der Waals surface area (Å²) in [5, 5.41) is 0. The number of fused-ring (bicyclic) bond motifs is 1. The molecular weight excluding hydrogens is 212 g/mol. The highest BCUT2D eigenvalue weighted by molar-refractivity contribution is 5.70. The molecule has 0 atom stereocenters. The Labute approximate surface area is 102 Å². The van der Waals surface area contributed by atoms with E-state index in [4.69, 9.17) is 5.73 Å². The Kier molecular flexibility index (Phi) is 2.51. The van der Waals surface area contributed by atoms with Gasteiger partial charge in [0.25, 0.3) is 0 Å². The Hall–Kier alpha value is -1.42. The quantitative estimate of drug-likeness (QED) is 0.834. The summed E-state index contributed by atoms with van der Waals surface area (Å²) < 4.78 is 0. The standard InChI is InChI=1S/C13H20N4/c1-8-6-7-9-10(15-8)17-11(16-9)12(2,3)13(4,5)14/h6-7H,14H2,1-5H3,(H,15,16,17). The molecule has 0 radical (unpaired) electrons. The lowest BCUT2D eigenvalue weighted by molar-refractivity contribution is 0.293. The van der Waals surface area contributed by atoms with Crippen LogP contribution in [0.2, 0.25) is 0 Å². The molecule has 17 heavy (non-hydrogen) atoms. The van der Waals surface area contributed by atoms with E-state index in [1.165, 1.54) is 0 Å². The van der Waals surface area contributed by atoms with E-state index in [1.54, 1.807) is 0 Å². The molecule has 0 aliphatic rings. The van der Waals surface area contributed by atoms with Crippen LogP contribution in [0, 0.1) is 6.92 Å². The van der Waals surface area contributed by atoms with E-state index in [9.17, 15) is 0 Å². The van der Waals surface area contributed by atoms with Gasteiger partial charge in [-0.05, 0) is 32.9 Å². The van der Waals surface area contributed by atoms with Crippen LogP contribution in [-0.2, 0) is 5.41 Å². The average Bonchev–Trinajstić information content (AvgIpc) is 2.58. The van der Waals surface area contributed by atoms with Crippen molar-refractivity contribution in [2.75, 3.05) is 0 Å². The summed E-state index contributed by atoms with van der Waals surface area (Å²) >= 11 is 0. The number of pyridine rings is 1. The second-order valence-electron chi connectivity index (χ2n) is 5.76. The molecule has 0 aliphatic heterocycles. The Morgan fingerprint density at radius 1 is 1.12 bits per heavy atom. The van der Waals surface area contributed by atoms with Crippen molar-refractivity contribution in [3.05, 3.63) is 23.7 Å². The zero-order chi connectivity index (χ0) is 12.8. The van der Waals surface area contributed by atoms with Gasteiger partial charge in [-0.15, -0.1) is 0 Å². The van der Waals surface area contributed by atoms with Crippen molar-refractivity contribution in [1.29, 1.82) is 0 Å². The van der Waals surface area contributed by atoms with E-state index < -0.39 is 0 Å². The van der Waals surface area contributed by atoms with Crippen LogP contribution < -0.4 is 5.73 Å². The number of aryl methyl sites for hydroxylation is 1. The van der Waals surface area contributed by atoms with Gasteiger partial charge < -0.3 is 10.7 Å². The third-order valence-corrected chi connectivity index (χ3v) is 3.69. The Morgan fingerprint density at radius 2 is 1.76 bits per heavy atom. The van der Waals surface area contributed by atoms with Crippen molar-refractivity contribution < 1.29 is 0 Å². The summed E-state index contributed by atoms with van der Waals surface area (Å²) in [6.07, 6.45) is 0. The SMILES string of the molecule is Cc1ccc2[nH]c(C(C)(C)C(C)(C)N)nc2n1. The topological polar surface area (TPSA) is 67.6 Å². The normalized spacial score (nSPS) is 13.3. The van der Waals surface area contributed by atoms with Crippen molar-refractivity contribution in [3.8, 4) is 0 Å². The smallest absolute Gasteiger partial charge is 0.177 e. The first kappa shape index (κ1) is 12.0. The van der Waals surface area contributed by atoms with E-state index >= 15 is 0 Å². The number of aromatic nitrogens is 3. The van der Waals surface area contributed by atoms with Gasteiger partial charge in [-0.25, -0.2) is 9.97 Å². The van der Waals surface area contributed by atoms with Crippen LogP contribution in [0.3, 0.4) is 0 Å². The summed E-state index contributed by atoms with van der Waals surface area (Å²) in [6.45, 7) is 10.2. The predicted octanol–water partition coefficient (Wildman–Crippen LogP) is 2.28. The number of aromatic amines is 1. The molecule has 0 amide bonds. The van der Waals surface area contributed by atoms with Gasteiger partial charge in [0.05, 0.1) is 5.52 Å².